The molecule has 8 heteroatoms. The number of thioether (sulfide) groups is 1. The zero-order chi connectivity index (χ0) is 20.4. The van der Waals surface area contributed by atoms with Crippen LogP contribution >= 0.6 is 23.4 Å². The summed E-state index contributed by atoms with van der Waals surface area (Å²) in [6, 6.07) is 15.3. The standard InChI is InChI=1S/C21H19ClN4O2S/c1-14-5-2-3-6-17(14)26-20(15-8-10-16(22)11-9-15)23-24-21(26)29-13-19(28)25-12-4-7-18(25)27/h2-3,5-6,8-11H,4,7,12-13H2,1H3. The number of aromatic nitrogens is 3. The quantitative estimate of drug-likeness (QED) is 0.573. The lowest BCUT2D eigenvalue weighted by atomic mass is 10.1. The Labute approximate surface area is 177 Å². The van der Waals surface area contributed by atoms with Gasteiger partial charge in [0.15, 0.2) is 11.0 Å². The lowest BCUT2D eigenvalue weighted by molar-refractivity contribution is -0.140. The van der Waals surface area contributed by atoms with Crippen LogP contribution in [0.3, 0.4) is 0 Å². The topological polar surface area (TPSA) is 68.1 Å². The first kappa shape index (κ1) is 19.7. The van der Waals surface area contributed by atoms with Gasteiger partial charge in [0, 0.05) is 23.6 Å². The van der Waals surface area contributed by atoms with Gasteiger partial charge in [-0.2, -0.15) is 0 Å². The Morgan fingerprint density at radius 3 is 2.59 bits per heavy atom. The largest absolute Gasteiger partial charge is 0.282 e. The minimum Gasteiger partial charge on any atom is -0.282 e. The van der Waals surface area contributed by atoms with Gasteiger partial charge in [0.1, 0.15) is 0 Å². The number of carbonyl (C=O) groups is 2. The van der Waals surface area contributed by atoms with Crippen molar-refractivity contribution in [2.75, 3.05) is 12.3 Å². The second-order valence-corrected chi connectivity index (χ2v) is 8.15. The van der Waals surface area contributed by atoms with Crippen LogP contribution in [0, 0.1) is 6.92 Å². The summed E-state index contributed by atoms with van der Waals surface area (Å²) in [4.78, 5) is 25.6. The van der Waals surface area contributed by atoms with Gasteiger partial charge in [0.25, 0.3) is 0 Å². The number of benzene rings is 2. The van der Waals surface area contributed by atoms with E-state index in [0.717, 1.165) is 23.2 Å². The molecule has 0 N–H and O–H groups in total. The molecule has 0 radical (unpaired) electrons. The number of nitrogens with zero attached hydrogens (tertiary/aromatic N) is 4. The molecule has 0 saturated carbocycles. The van der Waals surface area contributed by atoms with E-state index in [0.29, 0.717) is 29.0 Å². The molecule has 0 aliphatic carbocycles. The molecular weight excluding hydrogens is 408 g/mol. The van der Waals surface area contributed by atoms with E-state index < -0.39 is 0 Å². The minimum atomic E-state index is -0.190. The molecule has 2 amide bonds. The molecule has 1 fully saturated rings. The molecule has 6 nitrogen and oxygen atoms in total. The van der Waals surface area contributed by atoms with Crippen molar-refractivity contribution in [3.8, 4) is 17.1 Å². The van der Waals surface area contributed by atoms with E-state index in [9.17, 15) is 9.59 Å². The van der Waals surface area contributed by atoms with Crippen LogP contribution in [0.15, 0.2) is 53.7 Å². The molecule has 2 aromatic carbocycles. The van der Waals surface area contributed by atoms with Crippen molar-refractivity contribution in [2.24, 2.45) is 0 Å². The highest BCUT2D eigenvalue weighted by Crippen LogP contribution is 2.30. The van der Waals surface area contributed by atoms with Crippen molar-refractivity contribution in [1.82, 2.24) is 19.7 Å². The molecule has 1 saturated heterocycles. The monoisotopic (exact) mass is 426 g/mol. The molecular formula is C21H19ClN4O2S. The van der Waals surface area contributed by atoms with E-state index in [1.807, 2.05) is 60.0 Å². The lowest BCUT2D eigenvalue weighted by Gasteiger charge is -2.15. The maximum absolute atomic E-state index is 12.5. The second kappa shape index (κ2) is 8.39. The third-order valence-electron chi connectivity index (χ3n) is 4.79. The second-order valence-electron chi connectivity index (χ2n) is 6.77. The molecule has 2 heterocycles. The van der Waals surface area contributed by atoms with E-state index in [4.69, 9.17) is 11.6 Å². The number of hydrogen-bond donors (Lipinski definition) is 0. The predicted octanol–water partition coefficient (Wildman–Crippen LogP) is 4.14. The van der Waals surface area contributed by atoms with Gasteiger partial charge >= 0.3 is 0 Å². The Morgan fingerprint density at radius 1 is 1.14 bits per heavy atom. The van der Waals surface area contributed by atoms with Gasteiger partial charge in [-0.25, -0.2) is 0 Å². The first-order chi connectivity index (χ1) is 14.0. The van der Waals surface area contributed by atoms with Crippen LogP contribution in [-0.4, -0.2) is 43.8 Å². The normalized spacial score (nSPS) is 13.9. The summed E-state index contributed by atoms with van der Waals surface area (Å²) >= 11 is 7.31. The van der Waals surface area contributed by atoms with Crippen molar-refractivity contribution in [1.29, 1.82) is 0 Å². The van der Waals surface area contributed by atoms with Crippen molar-refractivity contribution < 1.29 is 9.59 Å². The molecule has 0 atom stereocenters. The maximum Gasteiger partial charge on any atom is 0.239 e. The van der Waals surface area contributed by atoms with Crippen LogP contribution in [0.4, 0.5) is 0 Å². The third kappa shape index (κ3) is 4.06. The molecule has 148 valence electrons. The van der Waals surface area contributed by atoms with Gasteiger partial charge in [-0.15, -0.1) is 10.2 Å². The molecule has 1 aromatic heterocycles. The minimum absolute atomic E-state index is 0.0992. The Bertz CT molecular complexity index is 1060. The van der Waals surface area contributed by atoms with Crippen molar-refractivity contribution in [3.63, 3.8) is 0 Å². The SMILES string of the molecule is Cc1ccccc1-n1c(SCC(=O)N2CCCC2=O)nnc1-c1ccc(Cl)cc1. The fourth-order valence-electron chi connectivity index (χ4n) is 3.30. The summed E-state index contributed by atoms with van der Waals surface area (Å²) in [5, 5.41) is 9.96. The van der Waals surface area contributed by atoms with Gasteiger partial charge in [0.05, 0.1) is 11.4 Å². The predicted molar refractivity (Wildman–Crippen MR) is 113 cm³/mol. The Kier molecular flexibility index (Phi) is 5.69. The van der Waals surface area contributed by atoms with Crippen LogP contribution in [0.2, 0.25) is 5.02 Å². The molecule has 3 aromatic rings. The molecule has 1 aliphatic heterocycles. The van der Waals surface area contributed by atoms with Gasteiger partial charge in [-0.05, 0) is 49.2 Å². The van der Waals surface area contributed by atoms with Gasteiger partial charge in [0.2, 0.25) is 11.8 Å². The summed E-state index contributed by atoms with van der Waals surface area (Å²) in [5.74, 6) is 0.516. The van der Waals surface area contributed by atoms with Crippen LogP contribution < -0.4 is 0 Å². The zero-order valence-electron chi connectivity index (χ0n) is 15.8. The summed E-state index contributed by atoms with van der Waals surface area (Å²) in [6.45, 7) is 2.52. The number of halogens is 1. The number of imide groups is 1. The Balaban J connectivity index is 1.68. The number of aryl methyl sites for hydroxylation is 1. The van der Waals surface area contributed by atoms with Crippen molar-refractivity contribution in [2.45, 2.75) is 24.9 Å². The summed E-state index contributed by atoms with van der Waals surface area (Å²) in [7, 11) is 0. The molecule has 29 heavy (non-hydrogen) atoms. The van der Waals surface area contributed by atoms with Gasteiger partial charge in [-0.1, -0.05) is 41.6 Å². The first-order valence-electron chi connectivity index (χ1n) is 9.28. The van der Waals surface area contributed by atoms with Gasteiger partial charge < -0.3 is 0 Å². The van der Waals surface area contributed by atoms with E-state index in [1.165, 1.54) is 16.7 Å². The van der Waals surface area contributed by atoms with E-state index in [2.05, 4.69) is 10.2 Å². The molecule has 1 aliphatic rings. The average Bonchev–Trinajstić information content (AvgIpc) is 3.33. The molecule has 0 unspecified atom stereocenters. The molecule has 4 rings (SSSR count). The Morgan fingerprint density at radius 2 is 1.90 bits per heavy atom. The fraction of sp³-hybridized carbons (Fsp3) is 0.238. The smallest absolute Gasteiger partial charge is 0.239 e. The fourth-order valence-corrected chi connectivity index (χ4v) is 4.24. The first-order valence-corrected chi connectivity index (χ1v) is 10.6. The molecule has 0 bridgehead atoms. The highest BCUT2D eigenvalue weighted by atomic mass is 35.5. The van der Waals surface area contributed by atoms with Gasteiger partial charge in [-0.3, -0.25) is 19.1 Å². The van der Waals surface area contributed by atoms with Crippen LogP contribution in [0.1, 0.15) is 18.4 Å². The zero-order valence-corrected chi connectivity index (χ0v) is 17.4. The summed E-state index contributed by atoms with van der Waals surface area (Å²) in [5.41, 5.74) is 2.87. The van der Waals surface area contributed by atoms with Crippen molar-refractivity contribution >= 4 is 35.2 Å². The number of amides is 2. The van der Waals surface area contributed by atoms with Crippen LogP contribution in [0.25, 0.3) is 17.1 Å². The number of carbonyl (C=O) groups excluding carboxylic acids is 2. The maximum atomic E-state index is 12.5. The summed E-state index contributed by atoms with van der Waals surface area (Å²) < 4.78 is 1.95. The average molecular weight is 427 g/mol. The van der Waals surface area contributed by atoms with Crippen LogP contribution in [0.5, 0.6) is 0 Å². The number of likely N-dealkylation sites (tertiary alicyclic amines) is 1. The third-order valence-corrected chi connectivity index (χ3v) is 5.96. The Hall–Kier alpha value is -2.64. The van der Waals surface area contributed by atoms with Crippen molar-refractivity contribution in [3.05, 3.63) is 59.1 Å². The van der Waals surface area contributed by atoms with E-state index in [-0.39, 0.29) is 17.6 Å². The van der Waals surface area contributed by atoms with Crippen LogP contribution in [-0.2, 0) is 9.59 Å². The molecule has 0 spiro atoms. The number of para-hydroxylation sites is 1. The number of hydrogen-bond acceptors (Lipinski definition) is 5. The highest BCUT2D eigenvalue weighted by Gasteiger charge is 2.27. The highest BCUT2D eigenvalue weighted by molar-refractivity contribution is 7.99. The summed E-state index contributed by atoms with van der Waals surface area (Å²) in [6.07, 6.45) is 1.17. The lowest BCUT2D eigenvalue weighted by Crippen LogP contribution is -2.33. The van der Waals surface area contributed by atoms with E-state index in [1.54, 1.807) is 0 Å². The number of rotatable bonds is 5. The van der Waals surface area contributed by atoms with E-state index >= 15 is 0 Å².